The molecule has 0 aliphatic carbocycles. The predicted molar refractivity (Wildman–Crippen MR) is 122 cm³/mol. The first-order chi connectivity index (χ1) is 17.0. The van der Waals surface area contributed by atoms with Crippen LogP contribution in [0.3, 0.4) is 0 Å². The second-order valence-electron chi connectivity index (χ2n) is 8.56. The number of hydrogen-bond acceptors (Lipinski definition) is 6. The molecule has 10 heteroatoms. The van der Waals surface area contributed by atoms with Crippen molar-refractivity contribution < 1.29 is 23.0 Å². The number of halogens is 2. The monoisotopic (exact) mass is 477 g/mol. The molecule has 0 unspecified atom stereocenters. The Labute approximate surface area is 198 Å². The van der Waals surface area contributed by atoms with Crippen LogP contribution in [-0.4, -0.2) is 32.4 Å². The smallest absolute Gasteiger partial charge is 0.271 e. The van der Waals surface area contributed by atoms with Crippen LogP contribution in [0.2, 0.25) is 0 Å². The molecule has 3 N–H and O–H groups in total. The highest BCUT2D eigenvalue weighted by Crippen LogP contribution is 2.37. The minimum atomic E-state index is -0.725. The topological polar surface area (TPSA) is 106 Å². The van der Waals surface area contributed by atoms with E-state index in [4.69, 9.17) is 15.2 Å². The summed E-state index contributed by atoms with van der Waals surface area (Å²) in [5, 5.41) is 0. The standard InChI is InChI=1S/C25H21F2N5O3/c26-16-3-1-4-17(27)13(16)10-32(20-6-8-35-21-5-2-7-29-23(20)21)25(33)19-9-18-22(30-19)14-11-34-12-15(14)24(28)31-18/h1-5,7,9,20,30H,6,8,10-12H2,(H2,28,31)/t20-/m1/s1. The van der Waals surface area contributed by atoms with Gasteiger partial charge in [-0.2, -0.15) is 0 Å². The highest BCUT2D eigenvalue weighted by molar-refractivity contribution is 5.98. The van der Waals surface area contributed by atoms with Crippen LogP contribution in [0.15, 0.2) is 42.6 Å². The Morgan fingerprint density at radius 3 is 2.80 bits per heavy atom. The van der Waals surface area contributed by atoms with Crippen molar-refractivity contribution in [3.63, 3.8) is 0 Å². The fourth-order valence-corrected chi connectivity index (χ4v) is 4.78. The molecule has 3 aromatic heterocycles. The average Bonchev–Trinajstić information content (AvgIpc) is 3.51. The number of anilines is 1. The van der Waals surface area contributed by atoms with Gasteiger partial charge in [-0.05, 0) is 30.3 Å². The molecule has 0 saturated carbocycles. The van der Waals surface area contributed by atoms with Crippen molar-refractivity contribution in [1.82, 2.24) is 19.9 Å². The number of nitrogens with zero attached hydrogens (tertiary/aromatic N) is 3. The van der Waals surface area contributed by atoms with Crippen LogP contribution in [0.1, 0.15) is 45.3 Å². The third kappa shape index (κ3) is 3.57. The van der Waals surface area contributed by atoms with Crippen molar-refractivity contribution in [2.75, 3.05) is 12.3 Å². The van der Waals surface area contributed by atoms with E-state index in [1.54, 1.807) is 24.4 Å². The molecule has 0 saturated heterocycles. The summed E-state index contributed by atoms with van der Waals surface area (Å²) in [6.45, 7) is 0.760. The number of aromatic nitrogens is 3. The van der Waals surface area contributed by atoms with Gasteiger partial charge in [0, 0.05) is 29.3 Å². The summed E-state index contributed by atoms with van der Waals surface area (Å²) in [5.41, 5.74) is 9.50. The van der Waals surface area contributed by atoms with Gasteiger partial charge in [0.15, 0.2) is 0 Å². The predicted octanol–water partition coefficient (Wildman–Crippen LogP) is 4.01. The molecule has 0 radical (unpaired) electrons. The Morgan fingerprint density at radius 1 is 1.17 bits per heavy atom. The molecule has 1 aromatic carbocycles. The van der Waals surface area contributed by atoms with Crippen LogP contribution in [0.5, 0.6) is 5.75 Å². The number of rotatable bonds is 4. The van der Waals surface area contributed by atoms with Crippen LogP contribution in [0.4, 0.5) is 14.6 Å². The van der Waals surface area contributed by atoms with Crippen LogP contribution in [0, 0.1) is 11.6 Å². The summed E-state index contributed by atoms with van der Waals surface area (Å²) in [5.74, 6) is -0.998. The molecule has 0 fully saturated rings. The van der Waals surface area contributed by atoms with Crippen molar-refractivity contribution in [3.05, 3.63) is 82.3 Å². The summed E-state index contributed by atoms with van der Waals surface area (Å²) in [7, 11) is 0. The van der Waals surface area contributed by atoms with Gasteiger partial charge in [-0.3, -0.25) is 9.78 Å². The molecule has 8 nitrogen and oxygen atoms in total. The molecule has 2 aliphatic rings. The number of nitrogens with two attached hydrogens (primary N) is 1. The van der Waals surface area contributed by atoms with Crippen molar-refractivity contribution >= 4 is 22.8 Å². The first-order valence-electron chi connectivity index (χ1n) is 11.2. The Balaban J connectivity index is 1.46. The highest BCUT2D eigenvalue weighted by atomic mass is 19.1. The van der Waals surface area contributed by atoms with E-state index < -0.39 is 23.6 Å². The zero-order valence-electron chi connectivity index (χ0n) is 18.6. The van der Waals surface area contributed by atoms with Gasteiger partial charge in [-0.15, -0.1) is 0 Å². The Hall–Kier alpha value is -4.05. The Morgan fingerprint density at radius 2 is 1.97 bits per heavy atom. The molecule has 2 aliphatic heterocycles. The average molecular weight is 477 g/mol. The van der Waals surface area contributed by atoms with Crippen LogP contribution < -0.4 is 10.5 Å². The summed E-state index contributed by atoms with van der Waals surface area (Å²) in [6, 6.07) is 8.20. The molecular formula is C25H21F2N5O3. The Bertz CT molecular complexity index is 1450. The largest absolute Gasteiger partial charge is 0.491 e. The molecule has 35 heavy (non-hydrogen) atoms. The second kappa shape index (κ2) is 8.31. The number of carbonyl (C=O) groups excluding carboxylic acids is 1. The van der Waals surface area contributed by atoms with Crippen LogP contribution >= 0.6 is 0 Å². The molecule has 6 rings (SSSR count). The number of ether oxygens (including phenoxy) is 2. The van der Waals surface area contributed by atoms with E-state index in [0.29, 0.717) is 54.5 Å². The lowest BCUT2D eigenvalue weighted by Crippen LogP contribution is -2.38. The van der Waals surface area contributed by atoms with Gasteiger partial charge in [-0.1, -0.05) is 6.07 Å². The van der Waals surface area contributed by atoms with E-state index in [1.165, 1.54) is 23.1 Å². The third-order valence-corrected chi connectivity index (χ3v) is 6.53. The zero-order chi connectivity index (χ0) is 24.1. The maximum Gasteiger partial charge on any atom is 0.271 e. The molecular weight excluding hydrogens is 456 g/mol. The number of fused-ring (bicyclic) bond motifs is 4. The molecule has 0 spiro atoms. The minimum absolute atomic E-state index is 0.197. The fraction of sp³-hybridized carbons (Fsp3) is 0.240. The normalized spacial score (nSPS) is 16.6. The maximum absolute atomic E-state index is 14.6. The fourth-order valence-electron chi connectivity index (χ4n) is 4.78. The van der Waals surface area contributed by atoms with E-state index in [0.717, 1.165) is 11.1 Å². The number of carbonyl (C=O) groups is 1. The number of nitrogens with one attached hydrogen (secondary N) is 1. The SMILES string of the molecule is Nc1nc2cc(C(=O)N(Cc3c(F)cccc3F)[C@@H]3CCOc4cccnc43)[nH]c2c2c1COC2. The van der Waals surface area contributed by atoms with E-state index in [9.17, 15) is 13.6 Å². The lowest BCUT2D eigenvalue weighted by molar-refractivity contribution is 0.0584. The van der Waals surface area contributed by atoms with Gasteiger partial charge >= 0.3 is 0 Å². The van der Waals surface area contributed by atoms with Crippen molar-refractivity contribution in [2.45, 2.75) is 32.2 Å². The van der Waals surface area contributed by atoms with Crippen molar-refractivity contribution in [1.29, 1.82) is 0 Å². The van der Waals surface area contributed by atoms with Crippen molar-refractivity contribution in [3.8, 4) is 5.75 Å². The molecule has 0 bridgehead atoms. The van der Waals surface area contributed by atoms with Gasteiger partial charge < -0.3 is 25.1 Å². The van der Waals surface area contributed by atoms with Crippen LogP contribution in [-0.2, 0) is 24.5 Å². The molecule has 4 aromatic rings. The Kier molecular flexibility index (Phi) is 5.10. The summed E-state index contributed by atoms with van der Waals surface area (Å²) < 4.78 is 40.5. The van der Waals surface area contributed by atoms with Gasteiger partial charge in [0.05, 0.1) is 43.4 Å². The summed E-state index contributed by atoms with van der Waals surface area (Å²) in [6.07, 6.45) is 2.02. The molecule has 1 atom stereocenters. The maximum atomic E-state index is 14.6. The first-order valence-corrected chi connectivity index (χ1v) is 11.2. The highest BCUT2D eigenvalue weighted by Gasteiger charge is 2.34. The third-order valence-electron chi connectivity index (χ3n) is 6.53. The lowest BCUT2D eigenvalue weighted by Gasteiger charge is -2.35. The van der Waals surface area contributed by atoms with Gasteiger partial charge in [0.1, 0.15) is 34.6 Å². The number of H-pyrrole nitrogens is 1. The van der Waals surface area contributed by atoms with Crippen molar-refractivity contribution in [2.24, 2.45) is 0 Å². The van der Waals surface area contributed by atoms with E-state index in [-0.39, 0.29) is 17.8 Å². The van der Waals surface area contributed by atoms with E-state index >= 15 is 0 Å². The van der Waals surface area contributed by atoms with Crippen LogP contribution in [0.25, 0.3) is 11.0 Å². The minimum Gasteiger partial charge on any atom is -0.491 e. The lowest BCUT2D eigenvalue weighted by atomic mass is 10.0. The van der Waals surface area contributed by atoms with E-state index in [2.05, 4.69) is 15.0 Å². The van der Waals surface area contributed by atoms with Gasteiger partial charge in [-0.25, -0.2) is 13.8 Å². The number of amides is 1. The number of hydrogen-bond donors (Lipinski definition) is 2. The number of aromatic amines is 1. The van der Waals surface area contributed by atoms with Gasteiger partial charge in [0.25, 0.3) is 5.91 Å². The van der Waals surface area contributed by atoms with E-state index in [1.807, 2.05) is 0 Å². The van der Waals surface area contributed by atoms with Gasteiger partial charge in [0.2, 0.25) is 0 Å². The molecule has 5 heterocycles. The molecule has 1 amide bonds. The zero-order valence-corrected chi connectivity index (χ0v) is 18.6. The summed E-state index contributed by atoms with van der Waals surface area (Å²) in [4.78, 5) is 27.3. The quantitative estimate of drug-likeness (QED) is 0.460. The number of nitrogen functional groups attached to an aromatic ring is 1. The number of benzene rings is 1. The molecule has 178 valence electrons. The first kappa shape index (κ1) is 21.5. The number of pyridine rings is 2. The summed E-state index contributed by atoms with van der Waals surface area (Å²) >= 11 is 0. The second-order valence-corrected chi connectivity index (χ2v) is 8.56.